The Bertz CT molecular complexity index is 1220. The van der Waals surface area contributed by atoms with Gasteiger partial charge in [-0.05, 0) is 60.0 Å². The van der Waals surface area contributed by atoms with Crippen molar-refractivity contribution in [1.82, 2.24) is 0 Å². The molecule has 2 heterocycles. The molecule has 7 heteroatoms. The summed E-state index contributed by atoms with van der Waals surface area (Å²) < 4.78 is 12.0. The number of likely N-dealkylation sites (N-methyl/N-ethyl adjacent to an activating group) is 1. The van der Waals surface area contributed by atoms with Crippen molar-refractivity contribution in [1.29, 1.82) is 0 Å². The molecule has 0 aliphatic carbocycles. The molecule has 1 N–H and O–H groups in total. The van der Waals surface area contributed by atoms with Gasteiger partial charge in [0.2, 0.25) is 0 Å². The number of carbonyl (C=O) groups excluding carboxylic acids is 1. The second kappa shape index (κ2) is 9.09. The number of ether oxygens (including phenoxy) is 2. The van der Waals surface area contributed by atoms with E-state index in [0.29, 0.717) is 30.9 Å². The molecule has 0 saturated carbocycles. The van der Waals surface area contributed by atoms with Gasteiger partial charge in [0, 0.05) is 24.8 Å². The summed E-state index contributed by atoms with van der Waals surface area (Å²) >= 11 is 0. The van der Waals surface area contributed by atoms with E-state index in [1.807, 2.05) is 49.5 Å². The van der Waals surface area contributed by atoms with Gasteiger partial charge >= 0.3 is 5.97 Å². The topological polar surface area (TPSA) is 79.3 Å². The van der Waals surface area contributed by atoms with Crippen LogP contribution in [0.2, 0.25) is 0 Å². The molecule has 0 aromatic heterocycles. The molecule has 34 heavy (non-hydrogen) atoms. The van der Waals surface area contributed by atoms with Crippen LogP contribution in [-0.4, -0.2) is 49.8 Å². The van der Waals surface area contributed by atoms with Gasteiger partial charge in [-0.2, -0.15) is 0 Å². The number of amides is 1. The number of aliphatic carboxylic acids is 1. The highest BCUT2D eigenvalue weighted by Gasteiger charge is 2.28. The zero-order valence-electron chi connectivity index (χ0n) is 18.9. The Morgan fingerprint density at radius 3 is 2.59 bits per heavy atom. The van der Waals surface area contributed by atoms with Gasteiger partial charge < -0.3 is 24.4 Å². The van der Waals surface area contributed by atoms with Crippen molar-refractivity contribution >= 4 is 23.3 Å². The number of carboxylic acids is 1. The molecule has 1 amide bonds. The van der Waals surface area contributed by atoms with E-state index in [4.69, 9.17) is 14.6 Å². The van der Waals surface area contributed by atoms with Crippen LogP contribution in [0.15, 0.2) is 66.7 Å². The lowest BCUT2D eigenvalue weighted by Gasteiger charge is -2.33. The maximum absolute atomic E-state index is 13.2. The molecule has 3 aromatic carbocycles. The molecule has 0 unspecified atom stereocenters. The van der Waals surface area contributed by atoms with Crippen molar-refractivity contribution < 1.29 is 24.2 Å². The molecule has 174 valence electrons. The van der Waals surface area contributed by atoms with Crippen molar-refractivity contribution in [3.05, 3.63) is 83.4 Å². The summed E-state index contributed by atoms with van der Waals surface area (Å²) in [4.78, 5) is 28.2. The van der Waals surface area contributed by atoms with Gasteiger partial charge in [-0.3, -0.25) is 9.59 Å². The van der Waals surface area contributed by atoms with Crippen LogP contribution in [-0.2, 0) is 17.6 Å². The summed E-state index contributed by atoms with van der Waals surface area (Å²) in [5, 5.41) is 9.16. The van der Waals surface area contributed by atoms with Gasteiger partial charge in [0.25, 0.3) is 5.91 Å². The van der Waals surface area contributed by atoms with Crippen molar-refractivity contribution in [2.45, 2.75) is 18.9 Å². The zero-order chi connectivity index (χ0) is 23.7. The normalized spacial score (nSPS) is 16.4. The number of benzene rings is 3. The van der Waals surface area contributed by atoms with Crippen LogP contribution in [0.1, 0.15) is 21.5 Å². The number of para-hydroxylation sites is 2. The minimum atomic E-state index is -0.872. The van der Waals surface area contributed by atoms with Crippen molar-refractivity contribution in [3.8, 4) is 11.5 Å². The summed E-state index contributed by atoms with van der Waals surface area (Å²) in [6.45, 7) is 1.67. The van der Waals surface area contributed by atoms with E-state index in [1.54, 1.807) is 29.2 Å². The molecule has 2 aliphatic heterocycles. The summed E-state index contributed by atoms with van der Waals surface area (Å²) in [5.74, 6) is 0.547. The van der Waals surface area contributed by atoms with Gasteiger partial charge in [-0.25, -0.2) is 0 Å². The summed E-state index contributed by atoms with van der Waals surface area (Å²) in [6.07, 6.45) is 0.524. The SMILES string of the molecule is CN1C[C@@H](COc2ccc(C(=O)N3CCc4c(CC(=O)O)cccc43)cc2)Oc2ccccc21. The average Bonchev–Trinajstić information content (AvgIpc) is 3.28. The molecule has 7 nitrogen and oxygen atoms in total. The highest BCUT2D eigenvalue weighted by atomic mass is 16.5. The van der Waals surface area contributed by atoms with E-state index in [1.165, 1.54) is 0 Å². The number of hydrogen-bond acceptors (Lipinski definition) is 5. The molecular weight excluding hydrogens is 432 g/mol. The maximum Gasteiger partial charge on any atom is 0.307 e. The number of rotatable bonds is 6. The molecule has 1 atom stereocenters. The van der Waals surface area contributed by atoms with E-state index in [9.17, 15) is 9.59 Å². The lowest BCUT2D eigenvalue weighted by molar-refractivity contribution is -0.136. The van der Waals surface area contributed by atoms with Crippen LogP contribution in [0, 0.1) is 0 Å². The zero-order valence-corrected chi connectivity index (χ0v) is 18.9. The van der Waals surface area contributed by atoms with Gasteiger partial charge in [0.05, 0.1) is 18.7 Å². The summed E-state index contributed by atoms with van der Waals surface area (Å²) in [5.41, 5.74) is 4.13. The minimum absolute atomic E-state index is 0.0384. The first-order valence-corrected chi connectivity index (χ1v) is 11.3. The fourth-order valence-corrected chi connectivity index (χ4v) is 4.66. The van der Waals surface area contributed by atoms with E-state index in [-0.39, 0.29) is 18.4 Å². The summed E-state index contributed by atoms with van der Waals surface area (Å²) in [7, 11) is 2.04. The molecule has 0 fully saturated rings. The van der Waals surface area contributed by atoms with Crippen LogP contribution in [0.25, 0.3) is 0 Å². The van der Waals surface area contributed by atoms with E-state index < -0.39 is 5.97 Å². The van der Waals surface area contributed by atoms with Gasteiger partial charge in [-0.15, -0.1) is 0 Å². The number of anilines is 2. The van der Waals surface area contributed by atoms with Crippen molar-refractivity contribution in [2.75, 3.05) is 36.5 Å². The second-order valence-electron chi connectivity index (χ2n) is 8.62. The third kappa shape index (κ3) is 4.29. The molecule has 2 aliphatic rings. The van der Waals surface area contributed by atoms with E-state index >= 15 is 0 Å². The molecule has 5 rings (SSSR count). The number of carboxylic acid groups (broad SMARTS) is 1. The van der Waals surface area contributed by atoms with Crippen LogP contribution >= 0.6 is 0 Å². The largest absolute Gasteiger partial charge is 0.490 e. The molecule has 0 saturated heterocycles. The predicted octanol–water partition coefficient (Wildman–Crippen LogP) is 3.79. The number of hydrogen-bond donors (Lipinski definition) is 1. The monoisotopic (exact) mass is 458 g/mol. The minimum Gasteiger partial charge on any atom is -0.490 e. The number of fused-ring (bicyclic) bond motifs is 2. The molecule has 0 bridgehead atoms. The number of nitrogens with zero attached hydrogens (tertiary/aromatic N) is 2. The van der Waals surface area contributed by atoms with Crippen LogP contribution < -0.4 is 19.3 Å². The maximum atomic E-state index is 13.2. The lowest BCUT2D eigenvalue weighted by atomic mass is 10.0. The first-order chi connectivity index (χ1) is 16.5. The number of carbonyl (C=O) groups is 2. The predicted molar refractivity (Wildman–Crippen MR) is 129 cm³/mol. The smallest absolute Gasteiger partial charge is 0.307 e. The summed E-state index contributed by atoms with van der Waals surface area (Å²) in [6, 6.07) is 20.6. The lowest BCUT2D eigenvalue weighted by Crippen LogP contribution is -2.41. The van der Waals surface area contributed by atoms with Gasteiger partial charge in [-0.1, -0.05) is 24.3 Å². The molecule has 3 aromatic rings. The highest BCUT2D eigenvalue weighted by Crippen LogP contribution is 2.33. The van der Waals surface area contributed by atoms with Gasteiger partial charge in [0.1, 0.15) is 24.2 Å². The standard InChI is InChI=1S/C27H26N2O5/c1-28-16-21(34-25-8-3-2-6-24(25)28)17-33-20-11-9-18(10-12-20)27(32)29-14-13-22-19(15-26(30)31)5-4-7-23(22)29/h2-12,21H,13-17H2,1H3,(H,30,31)/t21-/m0/s1. The van der Waals surface area contributed by atoms with Crippen LogP contribution in [0.5, 0.6) is 11.5 Å². The van der Waals surface area contributed by atoms with E-state index in [2.05, 4.69) is 4.90 Å². The van der Waals surface area contributed by atoms with Crippen LogP contribution in [0.3, 0.4) is 0 Å². The first-order valence-electron chi connectivity index (χ1n) is 11.3. The van der Waals surface area contributed by atoms with Crippen LogP contribution in [0.4, 0.5) is 11.4 Å². The Morgan fingerprint density at radius 1 is 1.03 bits per heavy atom. The highest BCUT2D eigenvalue weighted by molar-refractivity contribution is 6.07. The Balaban J connectivity index is 1.23. The van der Waals surface area contributed by atoms with Crippen molar-refractivity contribution in [3.63, 3.8) is 0 Å². The Kier molecular flexibility index (Phi) is 5.84. The molecular formula is C27H26N2O5. The third-order valence-corrected chi connectivity index (χ3v) is 6.30. The quantitative estimate of drug-likeness (QED) is 0.606. The fourth-order valence-electron chi connectivity index (χ4n) is 4.66. The molecule has 0 spiro atoms. The fraction of sp³-hybridized carbons (Fsp3) is 0.259. The van der Waals surface area contributed by atoms with Crippen molar-refractivity contribution in [2.24, 2.45) is 0 Å². The Labute approximate surface area is 198 Å². The Morgan fingerprint density at radius 2 is 1.79 bits per heavy atom. The third-order valence-electron chi connectivity index (χ3n) is 6.30. The van der Waals surface area contributed by atoms with E-state index in [0.717, 1.165) is 34.8 Å². The molecule has 0 radical (unpaired) electrons. The first kappa shape index (κ1) is 21.8. The van der Waals surface area contributed by atoms with Gasteiger partial charge in [0.15, 0.2) is 0 Å². The second-order valence-corrected chi connectivity index (χ2v) is 8.62. The average molecular weight is 459 g/mol. The Hall–Kier alpha value is -4.00.